The molecule has 0 aliphatic rings. The van der Waals surface area contributed by atoms with Crippen molar-refractivity contribution in [2.45, 2.75) is 12.5 Å². The molecule has 0 aliphatic heterocycles. The fourth-order valence-electron chi connectivity index (χ4n) is 2.09. The Morgan fingerprint density at radius 1 is 1.07 bits per heavy atom. The number of carboxylic acid groups (broad SMARTS) is 1. The first-order chi connectivity index (χ1) is 11.7. The molecule has 6 N–H and O–H groups in total. The summed E-state index contributed by atoms with van der Waals surface area (Å²) in [6.45, 7) is 0. The van der Waals surface area contributed by atoms with Gasteiger partial charge in [0.05, 0.1) is 26.3 Å². The van der Waals surface area contributed by atoms with Gasteiger partial charge in [-0.15, -0.1) is 0 Å². The first-order valence-electron chi connectivity index (χ1n) is 6.94. The Hall–Kier alpha value is 1.95. The molecule has 12 heteroatoms. The van der Waals surface area contributed by atoms with E-state index in [4.69, 9.17) is 4.74 Å². The van der Waals surface area contributed by atoms with Crippen molar-refractivity contribution < 1.29 is 82.1 Å². The number of phenols is 1. The van der Waals surface area contributed by atoms with Crippen LogP contribution in [0.4, 0.5) is 0 Å². The van der Waals surface area contributed by atoms with E-state index in [0.29, 0.717) is 25.1 Å². The van der Waals surface area contributed by atoms with Crippen molar-refractivity contribution >= 4 is 96.3 Å². The van der Waals surface area contributed by atoms with Crippen molar-refractivity contribution in [3.8, 4) is 17.2 Å². The molecule has 28 heavy (non-hydrogen) atoms. The molecule has 1 unspecified atom stereocenters. The quantitative estimate of drug-likeness (QED) is 0.279. The number of hydrogen-bond acceptors (Lipinski definition) is 5. The number of nitrogens with one attached hydrogen (secondary N) is 1. The zero-order valence-electron chi connectivity index (χ0n) is 14.8. The van der Waals surface area contributed by atoms with Gasteiger partial charge in [0.25, 0.3) is 0 Å². The summed E-state index contributed by atoms with van der Waals surface area (Å²) in [6.07, 6.45) is 0.333. The van der Waals surface area contributed by atoms with E-state index in [1.165, 1.54) is 0 Å². The summed E-state index contributed by atoms with van der Waals surface area (Å²) in [6, 6.07) is 6.61. The minimum absolute atomic E-state index is 0. The van der Waals surface area contributed by atoms with E-state index in [-0.39, 0.29) is 68.1 Å². The molecule has 2 aromatic carbocycles. The Labute approximate surface area is 259 Å². The van der Waals surface area contributed by atoms with Crippen LogP contribution in [-0.2, 0) is 11.2 Å². The van der Waals surface area contributed by atoms with Crippen LogP contribution in [0, 0.1) is 14.3 Å². The normalized spacial score (nSPS) is 10.8. The second-order valence-electron chi connectivity index (χ2n) is 5.09. The average molecular weight is 865 g/mol. The molecule has 0 aromatic heterocycles. The Kier molecular flexibility index (Phi) is 17.1. The zero-order chi connectivity index (χ0) is 18.7. The Balaban J connectivity index is 0. The summed E-state index contributed by atoms with van der Waals surface area (Å²) in [5, 5.41) is 23.7. The van der Waals surface area contributed by atoms with Gasteiger partial charge in [-0.2, -0.15) is 0 Å². The van der Waals surface area contributed by atoms with E-state index in [9.17, 15) is 15.0 Å². The maximum absolute atomic E-state index is 11.1. The molecule has 0 fully saturated rings. The number of rotatable bonds is 6. The third-order valence-corrected chi connectivity index (χ3v) is 6.59. The van der Waals surface area contributed by atoms with E-state index in [0.717, 1.165) is 12.7 Å². The Morgan fingerprint density at radius 3 is 1.93 bits per heavy atom. The van der Waals surface area contributed by atoms with Gasteiger partial charge in [0.1, 0.15) is 11.5 Å². The topological polar surface area (TPSA) is 145 Å². The number of ether oxygens (including phenoxy) is 1. The predicted octanol–water partition coefficient (Wildman–Crippen LogP) is -1.16. The summed E-state index contributed by atoms with van der Waals surface area (Å²) in [5.74, 6) is 0.462. The van der Waals surface area contributed by atoms with Crippen LogP contribution in [0.25, 0.3) is 0 Å². The summed E-state index contributed by atoms with van der Waals surface area (Å²) in [7, 11) is 1.60. The van der Waals surface area contributed by atoms with E-state index < -0.39 is 12.0 Å². The minimum atomic E-state index is -1.12. The van der Waals surface area contributed by atoms with Crippen molar-refractivity contribution in [3.63, 3.8) is 0 Å². The summed E-state index contributed by atoms with van der Waals surface area (Å²) >= 11 is 8.46. The number of phenolic OH excluding ortho intramolecular Hbond substituents is 1. The molecule has 0 saturated heterocycles. The number of benzene rings is 2. The maximum Gasteiger partial charge on any atom is 1.00 e. The van der Waals surface area contributed by atoms with E-state index in [1.807, 2.05) is 12.1 Å². The van der Waals surface area contributed by atoms with Crippen molar-refractivity contribution in [1.29, 1.82) is 0 Å². The van der Waals surface area contributed by atoms with Crippen molar-refractivity contribution in [2.24, 2.45) is 0 Å². The molecule has 0 heterocycles. The van der Waals surface area contributed by atoms with Crippen LogP contribution in [-0.4, -0.2) is 35.1 Å². The third kappa shape index (κ3) is 8.83. The number of halogens is 4. The van der Waals surface area contributed by atoms with Gasteiger partial charge in [-0.25, -0.2) is 0 Å². The maximum atomic E-state index is 11.1. The molecular weight excluding hydrogens is 849 g/mol. The molecule has 0 spiro atoms. The molecular formula is C16H16I4KNO6. The number of carbonyl (C=O) groups excluding carboxylic acids is 1. The molecule has 0 saturated carbocycles. The van der Waals surface area contributed by atoms with Gasteiger partial charge in [0.2, 0.25) is 0 Å². The Morgan fingerprint density at radius 2 is 1.54 bits per heavy atom. The first kappa shape index (κ1) is 32.1. The van der Waals surface area contributed by atoms with E-state index >= 15 is 0 Å². The number of hydrogen-bond donors (Lipinski definition) is 2. The number of likely N-dealkylation sites (N-methyl/N-ethyl adjacent to an activating group) is 1. The first-order valence-corrected chi connectivity index (χ1v) is 11.3. The average Bonchev–Trinajstić information content (AvgIpc) is 2.53. The number of aromatic hydroxyl groups is 1. The molecule has 1 atom stereocenters. The van der Waals surface area contributed by atoms with Crippen molar-refractivity contribution in [2.75, 3.05) is 7.05 Å². The molecule has 0 radical (unpaired) electrons. The number of carbonyl (C=O) groups is 1. The van der Waals surface area contributed by atoms with Crippen LogP contribution >= 0.6 is 90.4 Å². The van der Waals surface area contributed by atoms with Gasteiger partial charge < -0.3 is 36.0 Å². The Bertz CT molecular complexity index is 778. The molecule has 0 bridgehead atoms. The second-order valence-corrected chi connectivity index (χ2v) is 9.74. The molecule has 2 aromatic rings. The fourth-order valence-corrected chi connectivity index (χ4v) is 5.91. The molecule has 150 valence electrons. The monoisotopic (exact) mass is 865 g/mol. The van der Waals surface area contributed by atoms with Crippen molar-refractivity contribution in [1.82, 2.24) is 5.32 Å². The smallest absolute Gasteiger partial charge is 0.548 e. The van der Waals surface area contributed by atoms with Crippen molar-refractivity contribution in [3.05, 3.63) is 44.1 Å². The molecule has 2 rings (SSSR count). The van der Waals surface area contributed by atoms with Crippen LogP contribution in [0.15, 0.2) is 24.3 Å². The zero-order valence-corrected chi connectivity index (χ0v) is 26.5. The van der Waals surface area contributed by atoms with Gasteiger partial charge in [-0.05, 0) is 134 Å². The summed E-state index contributed by atoms with van der Waals surface area (Å²) in [4.78, 5) is 11.1. The predicted molar refractivity (Wildman–Crippen MR) is 134 cm³/mol. The molecule has 7 nitrogen and oxygen atoms in total. The van der Waals surface area contributed by atoms with Gasteiger partial charge in [0, 0.05) is 0 Å². The number of carboxylic acids is 1. The van der Waals surface area contributed by atoms with Crippen LogP contribution in [0.3, 0.4) is 0 Å². The van der Waals surface area contributed by atoms with Gasteiger partial charge in [-0.1, -0.05) is 0 Å². The summed E-state index contributed by atoms with van der Waals surface area (Å²) < 4.78 is 9.20. The summed E-state index contributed by atoms with van der Waals surface area (Å²) in [5.41, 5.74) is 0.888. The van der Waals surface area contributed by atoms with Gasteiger partial charge in [-0.3, -0.25) is 0 Å². The van der Waals surface area contributed by atoms with Crippen LogP contribution in [0.1, 0.15) is 5.56 Å². The largest absolute Gasteiger partial charge is 1.00 e. The molecule has 0 aliphatic carbocycles. The molecule has 0 amide bonds. The van der Waals surface area contributed by atoms with E-state index in [2.05, 4.69) is 95.7 Å². The van der Waals surface area contributed by atoms with Crippen LogP contribution < -0.4 is 66.5 Å². The van der Waals surface area contributed by atoms with Gasteiger partial charge >= 0.3 is 51.4 Å². The number of aliphatic carboxylic acids is 1. The standard InChI is InChI=1S/C16H13I4NO4.K.2H2O/c1-21-13(16(23)24)4-7-2-11(19)15(12(20)3-7)25-8-5-9(17)14(22)10(18)6-8;;;/h2-3,5-6,13,21-22H,4H2,1H3,(H,23,24);;2*1H2/q;+1;;/p-1. The van der Waals surface area contributed by atoms with Crippen LogP contribution in [0.2, 0.25) is 0 Å². The van der Waals surface area contributed by atoms with E-state index in [1.54, 1.807) is 19.2 Å². The minimum Gasteiger partial charge on any atom is -0.548 e. The second kappa shape index (κ2) is 14.9. The van der Waals surface area contributed by atoms with Crippen LogP contribution in [0.5, 0.6) is 17.2 Å². The SMILES string of the molecule is CNC(Cc1cc(I)c(Oc2cc(I)c(O)c(I)c2)c(I)c1)C(=O)[O-].O.O.[K+]. The third-order valence-electron chi connectivity index (χ3n) is 3.34. The van der Waals surface area contributed by atoms with Gasteiger partial charge in [0.15, 0.2) is 5.75 Å². The fraction of sp³-hybridized carbons (Fsp3) is 0.188.